The lowest BCUT2D eigenvalue weighted by atomic mass is 9.97. The van der Waals surface area contributed by atoms with Crippen molar-refractivity contribution in [1.82, 2.24) is 10.2 Å². The summed E-state index contributed by atoms with van der Waals surface area (Å²) >= 11 is 0. The summed E-state index contributed by atoms with van der Waals surface area (Å²) in [5.74, 6) is 0. The molecule has 0 aliphatic rings. The van der Waals surface area contributed by atoms with Crippen molar-refractivity contribution in [3.63, 3.8) is 0 Å². The molecular weight excluding hydrogens is 260 g/mol. The topological polar surface area (TPSA) is 24.5 Å². The van der Waals surface area contributed by atoms with E-state index in [0.717, 1.165) is 32.7 Å². The zero-order valence-corrected chi connectivity index (χ0v) is 14.4. The van der Waals surface area contributed by atoms with Gasteiger partial charge in [-0.05, 0) is 37.6 Å². The number of hydrogen-bond donors (Lipinski definition) is 1. The molecule has 1 aromatic rings. The van der Waals surface area contributed by atoms with Crippen LogP contribution in [0, 0.1) is 0 Å². The van der Waals surface area contributed by atoms with Crippen molar-refractivity contribution in [1.29, 1.82) is 0 Å². The molecule has 120 valence electrons. The van der Waals surface area contributed by atoms with Crippen LogP contribution in [-0.2, 0) is 11.2 Å². The van der Waals surface area contributed by atoms with Crippen LogP contribution in [0.2, 0.25) is 0 Å². The number of benzene rings is 1. The molecule has 0 amide bonds. The third-order valence-electron chi connectivity index (χ3n) is 4.22. The highest BCUT2D eigenvalue weighted by atomic mass is 16.5. The van der Waals surface area contributed by atoms with E-state index in [1.54, 1.807) is 7.11 Å². The van der Waals surface area contributed by atoms with Gasteiger partial charge < -0.3 is 10.1 Å². The SMILES string of the molecule is CCNC(c1ccc(CC)cc1)C(C)N(CC)CCOC. The average Bonchev–Trinajstić information content (AvgIpc) is 2.53. The third kappa shape index (κ3) is 5.42. The maximum absolute atomic E-state index is 5.24. The first-order chi connectivity index (χ1) is 10.2. The highest BCUT2D eigenvalue weighted by Crippen LogP contribution is 2.21. The van der Waals surface area contributed by atoms with Crippen LogP contribution in [0.4, 0.5) is 0 Å². The van der Waals surface area contributed by atoms with Crippen LogP contribution in [0.25, 0.3) is 0 Å². The van der Waals surface area contributed by atoms with Crippen LogP contribution in [0.3, 0.4) is 0 Å². The lowest BCUT2D eigenvalue weighted by Crippen LogP contribution is -2.44. The number of ether oxygens (including phenoxy) is 1. The first-order valence-electron chi connectivity index (χ1n) is 8.23. The molecule has 0 bridgehead atoms. The first kappa shape index (κ1) is 18.1. The lowest BCUT2D eigenvalue weighted by molar-refractivity contribution is 0.113. The lowest BCUT2D eigenvalue weighted by Gasteiger charge is -2.34. The van der Waals surface area contributed by atoms with Gasteiger partial charge in [-0.25, -0.2) is 0 Å². The molecule has 3 heteroatoms. The predicted molar refractivity (Wildman–Crippen MR) is 90.8 cm³/mol. The fourth-order valence-electron chi connectivity index (χ4n) is 2.82. The molecule has 1 aromatic carbocycles. The molecule has 0 heterocycles. The van der Waals surface area contributed by atoms with Crippen molar-refractivity contribution >= 4 is 0 Å². The van der Waals surface area contributed by atoms with Crippen LogP contribution < -0.4 is 5.32 Å². The molecule has 21 heavy (non-hydrogen) atoms. The predicted octanol–water partition coefficient (Wildman–Crippen LogP) is 3.26. The standard InChI is InChI=1S/C18H32N2O/c1-6-16-9-11-17(12-10-16)18(19-7-2)15(4)20(8-3)13-14-21-5/h9-12,15,18-19H,6-8,13-14H2,1-5H3. The van der Waals surface area contributed by atoms with E-state index in [1.165, 1.54) is 11.1 Å². The van der Waals surface area contributed by atoms with Crippen LogP contribution >= 0.6 is 0 Å². The Labute approximate surface area is 130 Å². The van der Waals surface area contributed by atoms with E-state index in [4.69, 9.17) is 4.74 Å². The Hall–Kier alpha value is -0.900. The van der Waals surface area contributed by atoms with E-state index < -0.39 is 0 Å². The molecule has 3 nitrogen and oxygen atoms in total. The highest BCUT2D eigenvalue weighted by molar-refractivity contribution is 5.26. The Morgan fingerprint density at radius 1 is 1.14 bits per heavy atom. The van der Waals surface area contributed by atoms with Crippen molar-refractivity contribution in [2.45, 2.75) is 46.2 Å². The van der Waals surface area contributed by atoms with E-state index in [-0.39, 0.29) is 0 Å². The summed E-state index contributed by atoms with van der Waals surface area (Å²) in [6.07, 6.45) is 1.09. The quantitative estimate of drug-likeness (QED) is 0.716. The van der Waals surface area contributed by atoms with Gasteiger partial charge in [0.05, 0.1) is 6.61 Å². The van der Waals surface area contributed by atoms with Crippen molar-refractivity contribution in [2.75, 3.05) is 33.4 Å². The van der Waals surface area contributed by atoms with Crippen molar-refractivity contribution in [3.05, 3.63) is 35.4 Å². The molecular formula is C18H32N2O. The molecule has 0 aliphatic heterocycles. The highest BCUT2D eigenvalue weighted by Gasteiger charge is 2.23. The zero-order chi connectivity index (χ0) is 15.7. The number of rotatable bonds is 10. The molecule has 0 spiro atoms. The summed E-state index contributed by atoms with van der Waals surface area (Å²) in [4.78, 5) is 2.48. The number of hydrogen-bond acceptors (Lipinski definition) is 3. The van der Waals surface area contributed by atoms with Gasteiger partial charge in [-0.1, -0.05) is 45.0 Å². The monoisotopic (exact) mass is 292 g/mol. The summed E-state index contributed by atoms with van der Waals surface area (Å²) in [6.45, 7) is 12.7. The van der Waals surface area contributed by atoms with Gasteiger partial charge in [0.25, 0.3) is 0 Å². The van der Waals surface area contributed by atoms with Crippen molar-refractivity contribution < 1.29 is 4.74 Å². The minimum Gasteiger partial charge on any atom is -0.383 e. The molecule has 0 fully saturated rings. The minimum absolute atomic E-state index is 0.359. The van der Waals surface area contributed by atoms with Gasteiger partial charge in [-0.15, -0.1) is 0 Å². The molecule has 0 saturated carbocycles. The number of aryl methyl sites for hydroxylation is 1. The Bertz CT molecular complexity index is 377. The first-order valence-corrected chi connectivity index (χ1v) is 8.23. The molecule has 2 atom stereocenters. The summed E-state index contributed by atoms with van der Waals surface area (Å²) in [7, 11) is 1.77. The maximum atomic E-state index is 5.24. The van der Waals surface area contributed by atoms with Crippen LogP contribution in [-0.4, -0.2) is 44.3 Å². The Morgan fingerprint density at radius 3 is 2.29 bits per heavy atom. The second-order valence-electron chi connectivity index (χ2n) is 5.49. The molecule has 0 radical (unpaired) electrons. The molecule has 0 aliphatic carbocycles. The smallest absolute Gasteiger partial charge is 0.0589 e. The Morgan fingerprint density at radius 2 is 1.81 bits per heavy atom. The van der Waals surface area contributed by atoms with Crippen LogP contribution in [0.1, 0.15) is 44.9 Å². The summed E-state index contributed by atoms with van der Waals surface area (Å²) in [5, 5.41) is 3.64. The maximum Gasteiger partial charge on any atom is 0.0589 e. The van der Waals surface area contributed by atoms with Gasteiger partial charge in [-0.3, -0.25) is 4.90 Å². The second kappa shape index (κ2) is 9.93. The summed E-state index contributed by atoms with van der Waals surface area (Å²) in [5.41, 5.74) is 2.77. The molecule has 0 aromatic heterocycles. The number of nitrogens with one attached hydrogen (secondary N) is 1. The Balaban J connectivity index is 2.86. The van der Waals surface area contributed by atoms with E-state index >= 15 is 0 Å². The van der Waals surface area contributed by atoms with Gasteiger partial charge >= 0.3 is 0 Å². The largest absolute Gasteiger partial charge is 0.383 e. The van der Waals surface area contributed by atoms with E-state index in [2.05, 4.69) is 62.2 Å². The molecule has 2 unspecified atom stereocenters. The average molecular weight is 292 g/mol. The fraction of sp³-hybridized carbons (Fsp3) is 0.667. The fourth-order valence-corrected chi connectivity index (χ4v) is 2.82. The van der Waals surface area contributed by atoms with Gasteiger partial charge in [0.2, 0.25) is 0 Å². The molecule has 0 saturated heterocycles. The molecule has 1 rings (SSSR count). The van der Waals surface area contributed by atoms with Crippen molar-refractivity contribution in [2.24, 2.45) is 0 Å². The van der Waals surface area contributed by atoms with E-state index in [9.17, 15) is 0 Å². The van der Waals surface area contributed by atoms with Gasteiger partial charge in [0.15, 0.2) is 0 Å². The Kier molecular flexibility index (Phi) is 8.58. The second-order valence-corrected chi connectivity index (χ2v) is 5.49. The third-order valence-corrected chi connectivity index (χ3v) is 4.22. The zero-order valence-electron chi connectivity index (χ0n) is 14.4. The number of methoxy groups -OCH3 is 1. The van der Waals surface area contributed by atoms with Crippen LogP contribution in [0.15, 0.2) is 24.3 Å². The van der Waals surface area contributed by atoms with E-state index in [1.807, 2.05) is 0 Å². The summed E-state index contributed by atoms with van der Waals surface area (Å²) < 4.78 is 5.24. The molecule has 1 N–H and O–H groups in total. The minimum atomic E-state index is 0.359. The van der Waals surface area contributed by atoms with E-state index in [0.29, 0.717) is 12.1 Å². The van der Waals surface area contributed by atoms with Gasteiger partial charge in [-0.2, -0.15) is 0 Å². The van der Waals surface area contributed by atoms with Crippen molar-refractivity contribution in [3.8, 4) is 0 Å². The summed E-state index contributed by atoms with van der Waals surface area (Å²) in [6, 6.07) is 9.84. The number of likely N-dealkylation sites (N-methyl/N-ethyl adjacent to an activating group) is 2. The number of nitrogens with zero attached hydrogens (tertiary/aromatic N) is 1. The van der Waals surface area contributed by atoms with Gasteiger partial charge in [0.1, 0.15) is 0 Å². The van der Waals surface area contributed by atoms with Gasteiger partial charge in [0, 0.05) is 25.7 Å². The normalized spacial score (nSPS) is 14.4. The van der Waals surface area contributed by atoms with Crippen LogP contribution in [0.5, 0.6) is 0 Å².